The van der Waals surface area contributed by atoms with E-state index in [9.17, 15) is 20.4 Å². The van der Waals surface area contributed by atoms with Gasteiger partial charge >= 0.3 is 0 Å². The Morgan fingerprint density at radius 3 is 0.468 bits per heavy atom. The lowest BCUT2D eigenvalue weighted by molar-refractivity contribution is 0.470. The summed E-state index contributed by atoms with van der Waals surface area (Å²) in [5.74, 6) is 0.422. The molecular weight excluding hydrogens is 1510 g/mol. The topological polar surface area (TPSA) is 80.9 Å². The lowest BCUT2D eigenvalue weighted by Gasteiger charge is -2.18. The van der Waals surface area contributed by atoms with Gasteiger partial charge in [0.25, 0.3) is 0 Å². The minimum atomic E-state index is 0.105. The first kappa shape index (κ1) is 73.8. The molecule has 4 N–H and O–H groups in total. The van der Waals surface area contributed by atoms with E-state index < -0.39 is 0 Å². The highest BCUT2D eigenvalue weighted by atomic mass is 16.3. The Hall–Kier alpha value is -15.4. The molecule has 41 rings (SSSR count). The van der Waals surface area contributed by atoms with Gasteiger partial charge in [0, 0.05) is 22.3 Å². The highest BCUT2D eigenvalue weighted by Crippen LogP contribution is 2.50. The molecule has 124 heavy (non-hydrogen) atoms. The van der Waals surface area contributed by atoms with Gasteiger partial charge in [-0.05, 0) is 321 Å². The Bertz CT molecular complexity index is 6750. The second kappa shape index (κ2) is 30.4. The Balaban J connectivity index is 0.573. The lowest BCUT2D eigenvalue weighted by Crippen LogP contribution is -2.02. The highest BCUT2D eigenvalue weighted by molar-refractivity contribution is 6.13. The summed E-state index contributed by atoms with van der Waals surface area (Å²) in [5, 5.41) is 55.3. The van der Waals surface area contributed by atoms with Crippen LogP contribution in [0.15, 0.2) is 388 Å². The molecule has 0 fully saturated rings. The van der Waals surface area contributed by atoms with E-state index in [4.69, 9.17) is 0 Å². The van der Waals surface area contributed by atoms with Crippen LogP contribution in [-0.2, 0) is 51.4 Å². The van der Waals surface area contributed by atoms with Gasteiger partial charge in [-0.1, -0.05) is 340 Å². The normalized spacial score (nSPS) is 12.7. The van der Waals surface area contributed by atoms with Gasteiger partial charge in [0.05, 0.1) is 0 Å². The first-order valence-corrected chi connectivity index (χ1v) is 43.3. The molecule has 21 aliphatic carbocycles. The van der Waals surface area contributed by atoms with Crippen molar-refractivity contribution in [2.24, 2.45) is 0 Å². The summed E-state index contributed by atoms with van der Waals surface area (Å²) in [6, 6.07) is 140. The molecule has 4 nitrogen and oxygen atoms in total. The average Bonchev–Trinajstić information content (AvgIpc) is 0.748. The smallest absolute Gasteiger partial charge is 0.124 e. The molecule has 4 heteroatoms. The molecule has 0 aliphatic heterocycles. The van der Waals surface area contributed by atoms with E-state index in [1.807, 2.05) is 24.3 Å². The molecule has 0 radical (unpaired) electrons. The molecule has 0 heterocycles. The molecular formula is C120H84O4. The van der Waals surface area contributed by atoms with Crippen LogP contribution in [-0.4, -0.2) is 20.4 Å². The Kier molecular flexibility index (Phi) is 18.1. The van der Waals surface area contributed by atoms with Crippen LogP contribution in [0.25, 0.3) is 199 Å². The lowest BCUT2D eigenvalue weighted by atomic mass is 9.87. The van der Waals surface area contributed by atoms with Crippen molar-refractivity contribution in [2.75, 3.05) is 0 Å². The highest BCUT2D eigenvalue weighted by Gasteiger charge is 2.24. The van der Waals surface area contributed by atoms with Gasteiger partial charge in [0.15, 0.2) is 0 Å². The Morgan fingerprint density at radius 2 is 0.282 bits per heavy atom. The standard InChI is InChI=1S/C120H84O4/c121-113-61-57-97-49-53-101-69-109(97)117(113)119-111-71-103(55-51-99(111)59-63-115(119)123)87-29-21-79(22-30-87)83-37-45-95(46-38-83)107-67-75-4-12-92-16-8-76(3-11-91(107)15-7-75)68-108(92)96-47-39-84(40-48-96)80-23-31-88(32-24-80)104-56-52-100-60-64-116(124)120(112(100)72-104)118-110-70-102(54-50-98(110)58-62-114(118)122)86-27-19-78(20-28-86)82-35-43-94(44-36-82)106-66-74-2-10-90-13-5-73(1-9-89(106)14-6-74)65-105(90)93-41-33-81(34-42-93)77-17-25-85(101)26-18-77/h5-8,13-72,121-124H,1-4,9-12H2. The third-order valence-corrected chi connectivity index (χ3v) is 26.9. The fraction of sp³-hybridized carbons (Fsp3) is 0.0667. The summed E-state index contributed by atoms with van der Waals surface area (Å²) in [7, 11) is 0. The summed E-state index contributed by atoms with van der Waals surface area (Å²) in [6.45, 7) is 0. The van der Waals surface area contributed by atoms with Crippen LogP contribution in [0.3, 0.4) is 0 Å². The molecule has 0 atom stereocenters. The van der Waals surface area contributed by atoms with Crippen molar-refractivity contribution in [3.05, 3.63) is 433 Å². The fourth-order valence-electron chi connectivity index (χ4n) is 20.0. The molecule has 20 aromatic carbocycles. The van der Waals surface area contributed by atoms with Crippen molar-refractivity contribution in [2.45, 2.75) is 51.4 Å². The zero-order valence-electron chi connectivity index (χ0n) is 68.4. The monoisotopic (exact) mass is 1590 g/mol. The number of hydrogen-bond acceptors (Lipinski definition) is 4. The molecule has 0 spiro atoms. The molecule has 20 aromatic rings. The minimum Gasteiger partial charge on any atom is -0.507 e. The van der Waals surface area contributed by atoms with Crippen LogP contribution in [0.5, 0.6) is 23.0 Å². The van der Waals surface area contributed by atoms with Crippen molar-refractivity contribution in [3.8, 4) is 179 Å². The second-order valence-corrected chi connectivity index (χ2v) is 34.2. The molecule has 0 unspecified atom stereocenters. The maximum Gasteiger partial charge on any atom is 0.124 e. The number of rotatable bonds is 0. The fourth-order valence-corrected chi connectivity index (χ4v) is 20.0. The zero-order chi connectivity index (χ0) is 82.6. The Labute approximate surface area is 721 Å². The van der Waals surface area contributed by atoms with Crippen molar-refractivity contribution in [1.29, 1.82) is 0 Å². The van der Waals surface area contributed by atoms with Gasteiger partial charge in [0.2, 0.25) is 0 Å². The van der Waals surface area contributed by atoms with Crippen molar-refractivity contribution in [1.82, 2.24) is 0 Å². The largest absolute Gasteiger partial charge is 0.507 e. The summed E-state index contributed by atoms with van der Waals surface area (Å²) in [5.41, 5.74) is 40.4. The third-order valence-electron chi connectivity index (χ3n) is 26.9. The predicted octanol–water partition coefficient (Wildman–Crippen LogP) is 30.5. The van der Waals surface area contributed by atoms with Gasteiger partial charge in [-0.2, -0.15) is 0 Å². The van der Waals surface area contributed by atoms with Crippen LogP contribution < -0.4 is 0 Å². The summed E-state index contributed by atoms with van der Waals surface area (Å²) < 4.78 is 0. The van der Waals surface area contributed by atoms with E-state index in [1.165, 1.54) is 89.0 Å². The summed E-state index contributed by atoms with van der Waals surface area (Å²) in [4.78, 5) is 0. The maximum absolute atomic E-state index is 12.0. The van der Waals surface area contributed by atoms with Crippen molar-refractivity contribution in [3.63, 3.8) is 0 Å². The van der Waals surface area contributed by atoms with E-state index in [-0.39, 0.29) is 23.0 Å². The first-order chi connectivity index (χ1) is 61.0. The SMILES string of the molecule is Oc1ccc2ccc3cc2c1-c1c(O)ccc2ccc(cc12)-c1ccc(cc1)-c1ccc(cc1)-c1cc2ccc1CCc1ccc(c(c1)-c1ccc(cc1)-c1ccc(cc1)-c1ccc4ccc(O)c(c4c1)-c1c(O)ccc4ccc(cc14)-c1ccc(cc1)-c1ccc(cc1)-c1cc4ccc1CCc1ccc(c(c1)-c1ccc(cc1)-c1ccc-3cc1)CC4)CC2. The molecule has 0 amide bonds. The van der Waals surface area contributed by atoms with Crippen LogP contribution in [0, 0.1) is 0 Å². The first-order valence-electron chi connectivity index (χ1n) is 43.3. The van der Waals surface area contributed by atoms with Crippen LogP contribution in [0.1, 0.15) is 44.5 Å². The van der Waals surface area contributed by atoms with Crippen molar-refractivity contribution >= 4 is 43.1 Å². The number of aromatic hydroxyl groups is 4. The maximum atomic E-state index is 12.0. The Morgan fingerprint density at radius 1 is 0.129 bits per heavy atom. The van der Waals surface area contributed by atoms with Gasteiger partial charge in [-0.15, -0.1) is 0 Å². The van der Waals surface area contributed by atoms with Crippen LogP contribution in [0.2, 0.25) is 0 Å². The third kappa shape index (κ3) is 13.5. The zero-order valence-corrected chi connectivity index (χ0v) is 68.4. The number of benzene rings is 20. The number of aryl methyl sites for hydroxylation is 8. The van der Waals surface area contributed by atoms with E-state index in [0.717, 1.165) is 183 Å². The van der Waals surface area contributed by atoms with E-state index in [2.05, 4.69) is 340 Å². The molecule has 588 valence electrons. The molecule has 21 aliphatic rings. The summed E-state index contributed by atoms with van der Waals surface area (Å²) in [6.07, 6.45) is 7.33. The molecule has 36 bridgehead atoms. The van der Waals surface area contributed by atoms with Gasteiger partial charge in [0.1, 0.15) is 23.0 Å². The van der Waals surface area contributed by atoms with Gasteiger partial charge in [-0.25, -0.2) is 0 Å². The number of hydrogen-bond donors (Lipinski definition) is 4. The average molecular weight is 1590 g/mol. The molecule has 0 saturated carbocycles. The van der Waals surface area contributed by atoms with Gasteiger partial charge in [-0.3, -0.25) is 0 Å². The van der Waals surface area contributed by atoms with E-state index >= 15 is 0 Å². The number of phenols is 4. The van der Waals surface area contributed by atoms with Crippen LogP contribution in [0.4, 0.5) is 0 Å². The second-order valence-electron chi connectivity index (χ2n) is 34.2. The van der Waals surface area contributed by atoms with Crippen molar-refractivity contribution < 1.29 is 20.4 Å². The van der Waals surface area contributed by atoms with E-state index in [1.54, 1.807) is 24.3 Å². The van der Waals surface area contributed by atoms with Gasteiger partial charge < -0.3 is 20.4 Å². The molecule has 0 saturated heterocycles. The van der Waals surface area contributed by atoms with Crippen LogP contribution >= 0.6 is 0 Å². The predicted molar refractivity (Wildman–Crippen MR) is 515 cm³/mol. The molecule has 0 aromatic heterocycles. The minimum absolute atomic E-state index is 0.105. The summed E-state index contributed by atoms with van der Waals surface area (Å²) >= 11 is 0. The van der Waals surface area contributed by atoms with E-state index in [0.29, 0.717) is 22.3 Å². The number of phenolic OH excluding ortho intramolecular Hbond substituents is 4. The quantitative estimate of drug-likeness (QED) is 0.122.